The van der Waals surface area contributed by atoms with E-state index < -0.39 is 10.8 Å². The Bertz CT molecular complexity index is 765. The van der Waals surface area contributed by atoms with Crippen LogP contribution in [-0.4, -0.2) is 17.4 Å². The predicted molar refractivity (Wildman–Crippen MR) is 88.4 cm³/mol. The highest BCUT2D eigenvalue weighted by Crippen LogP contribution is 2.29. The van der Waals surface area contributed by atoms with E-state index in [1.165, 1.54) is 12.1 Å². The van der Waals surface area contributed by atoms with E-state index in [4.69, 9.17) is 27.9 Å². The van der Waals surface area contributed by atoms with E-state index in [9.17, 15) is 14.9 Å². The van der Waals surface area contributed by atoms with Gasteiger partial charge < -0.3 is 10.1 Å². The van der Waals surface area contributed by atoms with Crippen molar-refractivity contribution in [3.05, 3.63) is 62.1 Å². The molecule has 6 nitrogen and oxygen atoms in total. The minimum absolute atomic E-state index is 0.0256. The van der Waals surface area contributed by atoms with Gasteiger partial charge in [0.05, 0.1) is 4.92 Å². The topological polar surface area (TPSA) is 81.5 Å². The summed E-state index contributed by atoms with van der Waals surface area (Å²) in [5.74, 6) is -0.470. The lowest BCUT2D eigenvalue weighted by Crippen LogP contribution is -2.20. The number of nitro benzene ring substituents is 1. The van der Waals surface area contributed by atoms with E-state index in [2.05, 4.69) is 5.32 Å². The van der Waals surface area contributed by atoms with Gasteiger partial charge >= 0.3 is 5.69 Å². The maximum atomic E-state index is 11.9. The highest BCUT2D eigenvalue weighted by Gasteiger charge is 2.17. The summed E-state index contributed by atoms with van der Waals surface area (Å²) in [7, 11) is 0. The van der Waals surface area contributed by atoms with E-state index >= 15 is 0 Å². The Kier molecular flexibility index (Phi) is 5.41. The van der Waals surface area contributed by atoms with Crippen LogP contribution in [0.15, 0.2) is 36.4 Å². The summed E-state index contributed by atoms with van der Waals surface area (Å²) in [4.78, 5) is 22.2. The third-order valence-electron chi connectivity index (χ3n) is 2.94. The zero-order chi connectivity index (χ0) is 17.0. The number of nitro groups is 1. The molecule has 1 amide bonds. The van der Waals surface area contributed by atoms with Crippen molar-refractivity contribution >= 4 is 40.5 Å². The highest BCUT2D eigenvalue weighted by molar-refractivity contribution is 6.31. The van der Waals surface area contributed by atoms with Crippen LogP contribution in [0.2, 0.25) is 10.0 Å². The van der Waals surface area contributed by atoms with E-state index in [1.807, 2.05) is 0 Å². The number of ether oxygens (including phenoxy) is 1. The molecule has 1 N–H and O–H groups in total. The van der Waals surface area contributed by atoms with Gasteiger partial charge in [-0.3, -0.25) is 14.9 Å². The number of halogens is 2. The smallest absolute Gasteiger partial charge is 0.312 e. The maximum Gasteiger partial charge on any atom is 0.312 e. The first kappa shape index (κ1) is 17.1. The number of hydrogen-bond acceptors (Lipinski definition) is 4. The molecule has 0 saturated carbocycles. The fourth-order valence-corrected chi connectivity index (χ4v) is 2.25. The Hall–Kier alpha value is -2.31. The number of carbonyl (C=O) groups is 1. The average Bonchev–Trinajstić information content (AvgIpc) is 2.48. The predicted octanol–water partition coefficient (Wildman–Crippen LogP) is 4.23. The van der Waals surface area contributed by atoms with Gasteiger partial charge in [0.25, 0.3) is 5.91 Å². The van der Waals surface area contributed by atoms with Crippen molar-refractivity contribution < 1.29 is 14.5 Å². The molecule has 8 heteroatoms. The Morgan fingerprint density at radius 2 is 1.87 bits per heavy atom. The van der Waals surface area contributed by atoms with E-state index in [-0.39, 0.29) is 23.1 Å². The van der Waals surface area contributed by atoms with Crippen LogP contribution in [0.3, 0.4) is 0 Å². The number of hydrogen-bond donors (Lipinski definition) is 1. The largest absolute Gasteiger partial charge is 0.477 e. The van der Waals surface area contributed by atoms with Gasteiger partial charge in [0.2, 0.25) is 0 Å². The number of nitrogens with zero attached hydrogens (tertiary/aromatic N) is 1. The molecular weight excluding hydrogens is 343 g/mol. The summed E-state index contributed by atoms with van der Waals surface area (Å²) < 4.78 is 5.21. The van der Waals surface area contributed by atoms with Gasteiger partial charge in [-0.25, -0.2) is 0 Å². The normalized spacial score (nSPS) is 10.2. The molecule has 0 unspecified atom stereocenters. The molecule has 0 aliphatic carbocycles. The fourth-order valence-electron chi connectivity index (χ4n) is 1.85. The zero-order valence-corrected chi connectivity index (χ0v) is 13.5. The molecule has 0 radical (unpaired) electrons. The van der Waals surface area contributed by atoms with Crippen LogP contribution < -0.4 is 10.1 Å². The third kappa shape index (κ3) is 4.58. The van der Waals surface area contributed by atoms with Gasteiger partial charge in [0.1, 0.15) is 0 Å². The number of carbonyl (C=O) groups excluding carboxylic acids is 1. The second-order valence-electron chi connectivity index (χ2n) is 4.67. The van der Waals surface area contributed by atoms with Crippen molar-refractivity contribution in [1.82, 2.24) is 0 Å². The number of rotatable bonds is 5. The second-order valence-corrected chi connectivity index (χ2v) is 5.54. The quantitative estimate of drug-likeness (QED) is 0.643. The lowest BCUT2D eigenvalue weighted by Gasteiger charge is -2.10. The standard InChI is InChI=1S/C15H12Cl2N2O4/c1-9-6-10(16)2-4-12(9)18-15(20)8-23-14-5-3-11(17)7-13(14)19(21)22/h2-7H,8H2,1H3,(H,18,20). The molecule has 2 rings (SSSR count). The minimum Gasteiger partial charge on any atom is -0.477 e. The fraction of sp³-hybridized carbons (Fsp3) is 0.133. The molecule has 2 aromatic rings. The maximum absolute atomic E-state index is 11.9. The number of benzene rings is 2. The summed E-state index contributed by atoms with van der Waals surface area (Å²) in [6.45, 7) is 1.43. The van der Waals surface area contributed by atoms with Gasteiger partial charge in [-0.1, -0.05) is 23.2 Å². The van der Waals surface area contributed by atoms with Gasteiger partial charge in [0, 0.05) is 21.8 Å². The SMILES string of the molecule is Cc1cc(Cl)ccc1NC(=O)COc1ccc(Cl)cc1[N+](=O)[O-]. The Balaban J connectivity index is 2.03. The van der Waals surface area contributed by atoms with Crippen molar-refractivity contribution in [2.45, 2.75) is 6.92 Å². The molecule has 23 heavy (non-hydrogen) atoms. The van der Waals surface area contributed by atoms with E-state index in [1.54, 1.807) is 25.1 Å². The lowest BCUT2D eigenvalue weighted by molar-refractivity contribution is -0.385. The van der Waals surface area contributed by atoms with Crippen molar-refractivity contribution in [2.75, 3.05) is 11.9 Å². The monoisotopic (exact) mass is 354 g/mol. The van der Waals surface area contributed by atoms with Gasteiger partial charge in [0.15, 0.2) is 12.4 Å². The first-order valence-electron chi connectivity index (χ1n) is 6.49. The second kappa shape index (κ2) is 7.30. The van der Waals surface area contributed by atoms with Crippen molar-refractivity contribution in [1.29, 1.82) is 0 Å². The van der Waals surface area contributed by atoms with Gasteiger partial charge in [-0.05, 0) is 42.8 Å². The minimum atomic E-state index is -0.623. The number of nitrogens with one attached hydrogen (secondary N) is 1. The van der Waals surface area contributed by atoms with E-state index in [0.717, 1.165) is 11.6 Å². The Morgan fingerprint density at radius 1 is 1.22 bits per heavy atom. The van der Waals surface area contributed by atoms with Crippen molar-refractivity contribution in [3.8, 4) is 5.75 Å². The van der Waals surface area contributed by atoms with Gasteiger partial charge in [-0.2, -0.15) is 0 Å². The molecule has 0 spiro atoms. The molecule has 0 aliphatic rings. The Labute approximate surface area is 142 Å². The molecule has 0 aromatic heterocycles. The summed E-state index contributed by atoms with van der Waals surface area (Å²) in [5.41, 5.74) is 1.09. The van der Waals surface area contributed by atoms with Crippen molar-refractivity contribution in [3.63, 3.8) is 0 Å². The number of aryl methyl sites for hydroxylation is 1. The van der Waals surface area contributed by atoms with Crippen LogP contribution in [0.1, 0.15) is 5.56 Å². The van der Waals surface area contributed by atoms with E-state index in [0.29, 0.717) is 10.7 Å². The molecule has 0 saturated heterocycles. The Morgan fingerprint density at radius 3 is 2.52 bits per heavy atom. The van der Waals surface area contributed by atoms with Crippen LogP contribution in [0.25, 0.3) is 0 Å². The zero-order valence-electron chi connectivity index (χ0n) is 12.0. The molecule has 0 aliphatic heterocycles. The third-order valence-corrected chi connectivity index (χ3v) is 3.41. The lowest BCUT2D eigenvalue weighted by atomic mass is 10.2. The van der Waals surface area contributed by atoms with Crippen LogP contribution in [0.4, 0.5) is 11.4 Å². The first-order chi connectivity index (χ1) is 10.9. The number of anilines is 1. The molecule has 0 heterocycles. The van der Waals surface area contributed by atoms with Crippen LogP contribution >= 0.6 is 23.2 Å². The van der Waals surface area contributed by atoms with Crippen LogP contribution in [-0.2, 0) is 4.79 Å². The summed E-state index contributed by atoms with van der Waals surface area (Å²) in [5, 5.41) is 14.4. The van der Waals surface area contributed by atoms with Crippen LogP contribution in [0.5, 0.6) is 5.75 Å². The molecule has 2 aromatic carbocycles. The van der Waals surface area contributed by atoms with Crippen molar-refractivity contribution in [2.24, 2.45) is 0 Å². The summed E-state index contributed by atoms with van der Waals surface area (Å²) in [6.07, 6.45) is 0. The molecular formula is C15H12Cl2N2O4. The summed E-state index contributed by atoms with van der Waals surface area (Å²) in [6, 6.07) is 8.99. The van der Waals surface area contributed by atoms with Crippen LogP contribution in [0, 0.1) is 17.0 Å². The highest BCUT2D eigenvalue weighted by atomic mass is 35.5. The molecule has 0 atom stereocenters. The number of amides is 1. The molecule has 120 valence electrons. The average molecular weight is 355 g/mol. The summed E-state index contributed by atoms with van der Waals surface area (Å²) >= 11 is 11.6. The first-order valence-corrected chi connectivity index (χ1v) is 7.25. The molecule has 0 fully saturated rings. The molecule has 0 bridgehead atoms. The van der Waals surface area contributed by atoms with Gasteiger partial charge in [-0.15, -0.1) is 0 Å².